The number of aromatic amines is 1. The summed E-state index contributed by atoms with van der Waals surface area (Å²) in [7, 11) is 0. The third kappa shape index (κ3) is 4.63. The van der Waals surface area contributed by atoms with Crippen molar-refractivity contribution < 1.29 is 9.90 Å². The van der Waals surface area contributed by atoms with Crippen molar-refractivity contribution in [3.63, 3.8) is 0 Å². The molecule has 1 saturated heterocycles. The van der Waals surface area contributed by atoms with Crippen LogP contribution >= 0.6 is 0 Å². The number of nitrogens with zero attached hydrogens (tertiary/aromatic N) is 4. The summed E-state index contributed by atoms with van der Waals surface area (Å²) in [5.41, 5.74) is 8.63. The number of carbonyl (C=O) groups excluding carboxylic acids is 1. The third-order valence-corrected chi connectivity index (χ3v) is 8.07. The first kappa shape index (κ1) is 24.8. The fourth-order valence-electron chi connectivity index (χ4n) is 5.82. The van der Waals surface area contributed by atoms with Gasteiger partial charge in [-0.05, 0) is 72.7 Å². The molecule has 2 aliphatic rings. The van der Waals surface area contributed by atoms with Gasteiger partial charge in [0, 0.05) is 67.2 Å². The molecule has 0 spiro atoms. The molecule has 1 atom stereocenters. The molecule has 3 N–H and O–H groups in total. The number of aryl methyl sites for hydroxylation is 1. The first-order valence-electron chi connectivity index (χ1n) is 13.6. The van der Waals surface area contributed by atoms with Crippen molar-refractivity contribution in [1.29, 1.82) is 0 Å². The molecule has 0 radical (unpaired) electrons. The molecule has 1 aromatic carbocycles. The number of benzene rings is 1. The highest BCUT2D eigenvalue weighted by atomic mass is 16.3. The molecule has 0 bridgehead atoms. The summed E-state index contributed by atoms with van der Waals surface area (Å²) in [6.45, 7) is 8.99. The smallest absolute Gasteiger partial charge is 0.257 e. The van der Waals surface area contributed by atoms with Crippen LogP contribution in [-0.4, -0.2) is 55.4 Å². The molecule has 5 heterocycles. The zero-order chi connectivity index (χ0) is 26.4. The molecule has 4 aromatic rings. The Kier molecular flexibility index (Phi) is 6.32. The number of fused-ring (bicyclic) bond motifs is 2. The van der Waals surface area contributed by atoms with Crippen LogP contribution in [0.4, 0.5) is 0 Å². The number of hydrogen-bond donors (Lipinski definition) is 3. The predicted molar refractivity (Wildman–Crippen MR) is 148 cm³/mol. The minimum atomic E-state index is -0.295. The van der Waals surface area contributed by atoms with Gasteiger partial charge in [0.25, 0.3) is 5.91 Å². The molecule has 38 heavy (non-hydrogen) atoms. The van der Waals surface area contributed by atoms with Gasteiger partial charge in [-0.3, -0.25) is 9.48 Å². The minimum absolute atomic E-state index is 0.00990. The Morgan fingerprint density at radius 1 is 1.21 bits per heavy atom. The summed E-state index contributed by atoms with van der Waals surface area (Å²) in [6, 6.07) is 7.15. The van der Waals surface area contributed by atoms with E-state index in [0.29, 0.717) is 31.2 Å². The summed E-state index contributed by atoms with van der Waals surface area (Å²) in [5.74, 6) is 0.00990. The van der Waals surface area contributed by atoms with Crippen LogP contribution in [0.2, 0.25) is 0 Å². The Balaban J connectivity index is 1.31. The van der Waals surface area contributed by atoms with Crippen molar-refractivity contribution in [3.05, 3.63) is 70.8 Å². The van der Waals surface area contributed by atoms with Crippen LogP contribution in [0, 0.1) is 12.3 Å². The second-order valence-corrected chi connectivity index (χ2v) is 11.7. The average molecular weight is 513 g/mol. The first-order chi connectivity index (χ1) is 18.3. The van der Waals surface area contributed by atoms with Gasteiger partial charge in [0.2, 0.25) is 0 Å². The number of hydrogen-bond acceptors (Lipinski definition) is 5. The zero-order valence-electron chi connectivity index (χ0n) is 22.4. The molecule has 8 heteroatoms. The Morgan fingerprint density at radius 3 is 2.87 bits per heavy atom. The summed E-state index contributed by atoms with van der Waals surface area (Å²) in [4.78, 5) is 23.4. The predicted octanol–water partition coefficient (Wildman–Crippen LogP) is 4.38. The summed E-state index contributed by atoms with van der Waals surface area (Å²) < 4.78 is 1.76. The standard InChI is InChI=1S/C30H36N6O2/c1-19-12-32-28-24(19)11-22(13-33-28)21-9-20-6-8-35(16-26(20)25(10-21)27-5-4-7-31-27)29(38)23-14-34-36(15-23)17-30(2,3)18-37/h9-15,27,31,37H,4-8,16-18H2,1-3H3,(H,32,33)/t27-/m0/s1. The first-order valence-corrected chi connectivity index (χ1v) is 13.6. The number of aromatic nitrogens is 4. The number of amides is 1. The highest BCUT2D eigenvalue weighted by molar-refractivity contribution is 5.94. The number of nitrogens with one attached hydrogen (secondary N) is 2. The van der Waals surface area contributed by atoms with Crippen LogP contribution in [0.1, 0.15) is 65.3 Å². The number of pyridine rings is 1. The van der Waals surface area contributed by atoms with E-state index < -0.39 is 0 Å². The number of aliphatic hydroxyl groups is 1. The van der Waals surface area contributed by atoms with Crippen LogP contribution in [0.15, 0.2) is 43.0 Å². The van der Waals surface area contributed by atoms with Crippen molar-refractivity contribution >= 4 is 16.9 Å². The van der Waals surface area contributed by atoms with Gasteiger partial charge in [0.15, 0.2) is 0 Å². The second kappa shape index (κ2) is 9.67. The lowest BCUT2D eigenvalue weighted by molar-refractivity contribution is 0.0733. The monoisotopic (exact) mass is 512 g/mol. The number of rotatable bonds is 6. The molecule has 6 rings (SSSR count). The molecule has 3 aromatic heterocycles. The van der Waals surface area contributed by atoms with E-state index in [1.165, 1.54) is 27.8 Å². The van der Waals surface area contributed by atoms with Gasteiger partial charge in [-0.2, -0.15) is 5.10 Å². The van der Waals surface area contributed by atoms with Gasteiger partial charge in [-0.1, -0.05) is 19.9 Å². The van der Waals surface area contributed by atoms with E-state index in [9.17, 15) is 9.90 Å². The van der Waals surface area contributed by atoms with Crippen LogP contribution < -0.4 is 5.32 Å². The lowest BCUT2D eigenvalue weighted by Crippen LogP contribution is -2.37. The van der Waals surface area contributed by atoms with Gasteiger partial charge in [-0.25, -0.2) is 4.98 Å². The topological polar surface area (TPSA) is 99.1 Å². The fraction of sp³-hybridized carbons (Fsp3) is 0.433. The molecule has 0 unspecified atom stereocenters. The number of carbonyl (C=O) groups is 1. The maximum atomic E-state index is 13.5. The van der Waals surface area contributed by atoms with Crippen molar-refractivity contribution in [1.82, 2.24) is 30.0 Å². The molecular formula is C30H36N6O2. The lowest BCUT2D eigenvalue weighted by Gasteiger charge is -2.32. The number of aliphatic hydroxyl groups excluding tert-OH is 1. The number of H-pyrrole nitrogens is 1. The largest absolute Gasteiger partial charge is 0.396 e. The molecule has 8 nitrogen and oxygen atoms in total. The molecule has 0 saturated carbocycles. The average Bonchev–Trinajstić information content (AvgIpc) is 3.69. The van der Waals surface area contributed by atoms with Crippen molar-refractivity contribution in [2.45, 2.75) is 59.2 Å². The third-order valence-electron chi connectivity index (χ3n) is 8.07. The summed E-state index contributed by atoms with van der Waals surface area (Å²) in [6.07, 6.45) is 10.5. The molecule has 2 aliphatic heterocycles. The Morgan fingerprint density at radius 2 is 2.08 bits per heavy atom. The maximum Gasteiger partial charge on any atom is 0.257 e. The molecule has 0 aliphatic carbocycles. The molecular weight excluding hydrogens is 476 g/mol. The quantitative estimate of drug-likeness (QED) is 0.356. The fourth-order valence-corrected chi connectivity index (χ4v) is 5.82. The van der Waals surface area contributed by atoms with Gasteiger partial charge in [0.1, 0.15) is 5.65 Å². The zero-order valence-corrected chi connectivity index (χ0v) is 22.4. The van der Waals surface area contributed by atoms with Crippen LogP contribution in [0.5, 0.6) is 0 Å². The lowest BCUT2D eigenvalue weighted by atomic mass is 9.87. The van der Waals surface area contributed by atoms with Gasteiger partial charge in [0.05, 0.1) is 11.8 Å². The van der Waals surface area contributed by atoms with Crippen molar-refractivity contribution in [3.8, 4) is 11.1 Å². The van der Waals surface area contributed by atoms with Crippen LogP contribution in [0.25, 0.3) is 22.2 Å². The van der Waals surface area contributed by atoms with Gasteiger partial charge in [-0.15, -0.1) is 0 Å². The van der Waals surface area contributed by atoms with Crippen LogP contribution in [-0.2, 0) is 19.5 Å². The van der Waals surface area contributed by atoms with Gasteiger partial charge >= 0.3 is 0 Å². The van der Waals surface area contributed by atoms with E-state index in [1.807, 2.05) is 37.3 Å². The highest BCUT2D eigenvalue weighted by Crippen LogP contribution is 2.36. The van der Waals surface area contributed by atoms with E-state index in [2.05, 4.69) is 45.5 Å². The SMILES string of the molecule is Cc1c[nH]c2ncc(-c3cc4c(c([C@@H]5CCCN5)c3)CN(C(=O)c3cnn(CC(C)(C)CO)c3)CC4)cc12. The normalized spacial score (nSPS) is 17.8. The van der Waals surface area contributed by atoms with E-state index in [-0.39, 0.29) is 17.9 Å². The molecule has 198 valence electrons. The van der Waals surface area contributed by atoms with E-state index in [0.717, 1.165) is 42.4 Å². The van der Waals surface area contributed by atoms with Crippen molar-refractivity contribution in [2.24, 2.45) is 5.41 Å². The second-order valence-electron chi connectivity index (χ2n) is 11.7. The Labute approximate surface area is 223 Å². The Bertz CT molecular complexity index is 1490. The molecule has 1 fully saturated rings. The van der Waals surface area contributed by atoms with Crippen LogP contribution in [0.3, 0.4) is 0 Å². The highest BCUT2D eigenvalue weighted by Gasteiger charge is 2.29. The van der Waals surface area contributed by atoms with Crippen molar-refractivity contribution in [2.75, 3.05) is 19.7 Å². The Hall–Kier alpha value is -3.49. The van der Waals surface area contributed by atoms with E-state index in [1.54, 1.807) is 10.9 Å². The van der Waals surface area contributed by atoms with E-state index in [4.69, 9.17) is 0 Å². The molecule has 1 amide bonds. The summed E-state index contributed by atoms with van der Waals surface area (Å²) in [5, 5.41) is 18.8. The van der Waals surface area contributed by atoms with Gasteiger partial charge < -0.3 is 20.3 Å². The summed E-state index contributed by atoms with van der Waals surface area (Å²) >= 11 is 0. The minimum Gasteiger partial charge on any atom is -0.396 e. The maximum absolute atomic E-state index is 13.5. The van der Waals surface area contributed by atoms with E-state index >= 15 is 0 Å².